The first-order valence-electron chi connectivity index (χ1n) is 8.89. The zero-order valence-corrected chi connectivity index (χ0v) is 15.5. The largest absolute Gasteiger partial charge is 0.465 e. The van der Waals surface area contributed by atoms with Crippen LogP contribution < -0.4 is 4.90 Å². The Morgan fingerprint density at radius 2 is 1.96 bits per heavy atom. The van der Waals surface area contributed by atoms with Gasteiger partial charge < -0.3 is 9.64 Å². The van der Waals surface area contributed by atoms with Gasteiger partial charge in [0.25, 0.3) is 5.69 Å². The van der Waals surface area contributed by atoms with Gasteiger partial charge in [-0.25, -0.2) is 4.79 Å². The van der Waals surface area contributed by atoms with Gasteiger partial charge in [-0.3, -0.25) is 15.0 Å². The molecule has 142 valence electrons. The molecule has 3 rings (SSSR count). The summed E-state index contributed by atoms with van der Waals surface area (Å²) < 4.78 is 4.66. The van der Waals surface area contributed by atoms with Crippen LogP contribution >= 0.6 is 0 Å². The van der Waals surface area contributed by atoms with E-state index in [0.29, 0.717) is 18.8 Å². The third-order valence-corrected chi connectivity index (χ3v) is 4.93. The van der Waals surface area contributed by atoms with Crippen LogP contribution in [0.5, 0.6) is 0 Å². The Kier molecular flexibility index (Phi) is 5.71. The lowest BCUT2D eigenvalue weighted by molar-refractivity contribution is -0.384. The molecule has 7 heteroatoms. The SMILES string of the molecule is COC(=O)c1ccc(N2CCN(Cc3ccccc3)[C@H](C)C2)c([N+](=O)[O-])c1. The van der Waals surface area contributed by atoms with E-state index < -0.39 is 10.9 Å². The minimum Gasteiger partial charge on any atom is -0.465 e. The predicted molar refractivity (Wildman–Crippen MR) is 103 cm³/mol. The second-order valence-corrected chi connectivity index (χ2v) is 6.70. The number of hydrogen-bond acceptors (Lipinski definition) is 6. The minimum absolute atomic E-state index is 0.0680. The smallest absolute Gasteiger partial charge is 0.338 e. The van der Waals surface area contributed by atoms with Crippen molar-refractivity contribution in [1.29, 1.82) is 0 Å². The monoisotopic (exact) mass is 369 g/mol. The summed E-state index contributed by atoms with van der Waals surface area (Å²) in [6.07, 6.45) is 0. The van der Waals surface area contributed by atoms with E-state index in [4.69, 9.17) is 0 Å². The van der Waals surface area contributed by atoms with E-state index in [1.807, 2.05) is 23.1 Å². The van der Waals surface area contributed by atoms with Crippen molar-refractivity contribution >= 4 is 17.3 Å². The Labute approximate surface area is 158 Å². The molecule has 0 amide bonds. The average Bonchev–Trinajstić information content (AvgIpc) is 2.69. The molecule has 1 aliphatic heterocycles. The molecule has 0 bridgehead atoms. The van der Waals surface area contributed by atoms with E-state index in [1.165, 1.54) is 18.7 Å². The number of esters is 1. The van der Waals surface area contributed by atoms with Crippen molar-refractivity contribution in [3.63, 3.8) is 0 Å². The molecule has 2 aromatic rings. The molecule has 1 fully saturated rings. The number of rotatable bonds is 5. The van der Waals surface area contributed by atoms with E-state index in [9.17, 15) is 14.9 Å². The zero-order valence-electron chi connectivity index (χ0n) is 15.5. The summed E-state index contributed by atoms with van der Waals surface area (Å²) in [5.41, 5.74) is 1.91. The highest BCUT2D eigenvalue weighted by Gasteiger charge is 2.28. The van der Waals surface area contributed by atoms with Gasteiger partial charge in [0.2, 0.25) is 0 Å². The fraction of sp³-hybridized carbons (Fsp3) is 0.350. The number of nitro benzene ring substituents is 1. The van der Waals surface area contributed by atoms with Crippen LogP contribution in [0, 0.1) is 10.1 Å². The van der Waals surface area contributed by atoms with Gasteiger partial charge in [0.05, 0.1) is 17.6 Å². The Balaban J connectivity index is 1.76. The van der Waals surface area contributed by atoms with Gasteiger partial charge in [0.15, 0.2) is 0 Å². The lowest BCUT2D eigenvalue weighted by Crippen LogP contribution is -2.51. The highest BCUT2D eigenvalue weighted by Crippen LogP contribution is 2.31. The normalized spacial score (nSPS) is 17.6. The van der Waals surface area contributed by atoms with Crippen LogP contribution in [0.25, 0.3) is 0 Å². The van der Waals surface area contributed by atoms with Crippen LogP contribution in [-0.4, -0.2) is 48.6 Å². The number of benzene rings is 2. The van der Waals surface area contributed by atoms with Crippen molar-refractivity contribution in [2.75, 3.05) is 31.6 Å². The number of methoxy groups -OCH3 is 1. The van der Waals surface area contributed by atoms with Crippen molar-refractivity contribution < 1.29 is 14.5 Å². The summed E-state index contributed by atoms with van der Waals surface area (Å²) in [5.74, 6) is -0.578. The molecule has 0 spiro atoms. The number of anilines is 1. The van der Waals surface area contributed by atoms with Crippen LogP contribution in [0.1, 0.15) is 22.8 Å². The molecule has 1 heterocycles. The lowest BCUT2D eigenvalue weighted by Gasteiger charge is -2.40. The molecule has 0 unspecified atom stereocenters. The number of carbonyl (C=O) groups excluding carboxylic acids is 1. The highest BCUT2D eigenvalue weighted by molar-refractivity contribution is 5.91. The molecule has 2 aromatic carbocycles. The molecule has 1 saturated heterocycles. The van der Waals surface area contributed by atoms with Gasteiger partial charge in [0.1, 0.15) is 5.69 Å². The molecule has 1 atom stereocenters. The van der Waals surface area contributed by atoms with Gasteiger partial charge >= 0.3 is 5.97 Å². The third-order valence-electron chi connectivity index (χ3n) is 4.93. The van der Waals surface area contributed by atoms with E-state index >= 15 is 0 Å². The maximum atomic E-state index is 11.7. The van der Waals surface area contributed by atoms with Crippen LogP contribution in [0.4, 0.5) is 11.4 Å². The molecule has 0 radical (unpaired) electrons. The number of nitro groups is 1. The van der Waals surface area contributed by atoms with Crippen LogP contribution in [0.2, 0.25) is 0 Å². The summed E-state index contributed by atoms with van der Waals surface area (Å²) >= 11 is 0. The molecule has 7 nitrogen and oxygen atoms in total. The first-order valence-corrected chi connectivity index (χ1v) is 8.89. The van der Waals surface area contributed by atoms with Crippen LogP contribution in [0.3, 0.4) is 0 Å². The third kappa shape index (κ3) is 4.25. The van der Waals surface area contributed by atoms with Crippen LogP contribution in [0.15, 0.2) is 48.5 Å². The fourth-order valence-electron chi connectivity index (χ4n) is 3.45. The van der Waals surface area contributed by atoms with Gasteiger partial charge in [-0.15, -0.1) is 0 Å². The molecular weight excluding hydrogens is 346 g/mol. The summed E-state index contributed by atoms with van der Waals surface area (Å²) in [4.78, 5) is 27.2. The van der Waals surface area contributed by atoms with Crippen molar-refractivity contribution in [2.45, 2.75) is 19.5 Å². The molecule has 0 N–H and O–H groups in total. The first-order chi connectivity index (χ1) is 13.0. The van der Waals surface area contributed by atoms with Crippen molar-refractivity contribution in [3.8, 4) is 0 Å². The van der Waals surface area contributed by atoms with Crippen LogP contribution in [-0.2, 0) is 11.3 Å². The summed E-state index contributed by atoms with van der Waals surface area (Å²) in [6, 6.07) is 15.0. The van der Waals surface area contributed by atoms with E-state index in [-0.39, 0.29) is 17.3 Å². The van der Waals surface area contributed by atoms with Crippen molar-refractivity contribution in [1.82, 2.24) is 4.90 Å². The second-order valence-electron chi connectivity index (χ2n) is 6.70. The number of carbonyl (C=O) groups is 1. The topological polar surface area (TPSA) is 75.9 Å². The quantitative estimate of drug-likeness (QED) is 0.458. The zero-order chi connectivity index (χ0) is 19.4. The van der Waals surface area contributed by atoms with Gasteiger partial charge in [-0.1, -0.05) is 30.3 Å². The van der Waals surface area contributed by atoms with E-state index in [2.05, 4.69) is 28.7 Å². The Hall–Kier alpha value is -2.93. The standard InChI is InChI=1S/C20H23N3O4/c1-15-13-22(11-10-21(15)14-16-6-4-3-5-7-16)18-9-8-17(20(24)27-2)12-19(18)23(25)26/h3-9,12,15H,10-11,13-14H2,1-2H3/t15-/m1/s1. The maximum absolute atomic E-state index is 11.7. The number of piperazine rings is 1. The molecule has 0 aliphatic carbocycles. The van der Waals surface area contributed by atoms with Gasteiger partial charge in [-0.2, -0.15) is 0 Å². The summed E-state index contributed by atoms with van der Waals surface area (Å²) in [5, 5.41) is 11.5. The van der Waals surface area contributed by atoms with Gasteiger partial charge in [-0.05, 0) is 24.6 Å². The predicted octanol–water partition coefficient (Wildman–Crippen LogP) is 3.09. The van der Waals surface area contributed by atoms with Crippen molar-refractivity contribution in [3.05, 3.63) is 69.8 Å². The minimum atomic E-state index is -0.578. The number of hydrogen-bond donors (Lipinski definition) is 0. The number of ether oxygens (including phenoxy) is 1. The van der Waals surface area contributed by atoms with Gasteiger partial charge in [0, 0.05) is 38.3 Å². The highest BCUT2D eigenvalue weighted by atomic mass is 16.6. The average molecular weight is 369 g/mol. The Bertz CT molecular complexity index is 825. The van der Waals surface area contributed by atoms with E-state index in [1.54, 1.807) is 12.1 Å². The molecule has 27 heavy (non-hydrogen) atoms. The number of nitrogens with zero attached hydrogens (tertiary/aromatic N) is 3. The summed E-state index contributed by atoms with van der Waals surface area (Å²) in [7, 11) is 1.26. The molecule has 0 aromatic heterocycles. The molecule has 1 aliphatic rings. The molecular formula is C20H23N3O4. The first kappa shape index (κ1) is 18.8. The Morgan fingerprint density at radius 3 is 2.59 bits per heavy atom. The molecule has 0 saturated carbocycles. The van der Waals surface area contributed by atoms with E-state index in [0.717, 1.165) is 13.1 Å². The Morgan fingerprint density at radius 1 is 1.22 bits per heavy atom. The van der Waals surface area contributed by atoms with Crippen molar-refractivity contribution in [2.24, 2.45) is 0 Å². The fourth-order valence-corrected chi connectivity index (χ4v) is 3.45. The lowest BCUT2D eigenvalue weighted by atomic mass is 10.1. The second kappa shape index (κ2) is 8.18. The summed E-state index contributed by atoms with van der Waals surface area (Å²) in [6.45, 7) is 5.18. The maximum Gasteiger partial charge on any atom is 0.338 e.